The van der Waals surface area contributed by atoms with Gasteiger partial charge in [-0.3, -0.25) is 19.6 Å². The van der Waals surface area contributed by atoms with Gasteiger partial charge in [-0.15, -0.1) is 0 Å². The maximum absolute atomic E-state index is 15.3. The predicted octanol–water partition coefficient (Wildman–Crippen LogP) is 8.26. The number of benzene rings is 4. The Morgan fingerprint density at radius 1 is 0.642 bits per heavy atom. The zero-order chi connectivity index (χ0) is 38.0. The molecule has 0 spiro atoms. The minimum Gasteiger partial charge on any atom is -0.494 e. The number of pyridine rings is 2. The fourth-order valence-corrected chi connectivity index (χ4v) is 8.26. The summed E-state index contributed by atoms with van der Waals surface area (Å²) in [5.41, 5.74) is 4.73. The van der Waals surface area contributed by atoms with Crippen LogP contribution in [0.5, 0.6) is 11.8 Å². The first-order valence-corrected chi connectivity index (χ1v) is 19.2. The quantitative estimate of drug-likeness (QED) is 0.0976. The molecule has 0 aliphatic carbocycles. The number of aromatic hydroxyl groups is 2. The molecule has 0 atom stereocenters. The number of rotatable bonds is 10. The van der Waals surface area contributed by atoms with Gasteiger partial charge in [-0.2, -0.15) is 0 Å². The van der Waals surface area contributed by atoms with Crippen molar-refractivity contribution in [1.29, 1.82) is 0 Å². The van der Waals surface area contributed by atoms with Crippen LogP contribution >= 0.6 is 0 Å². The maximum atomic E-state index is 15.3. The van der Waals surface area contributed by atoms with Crippen molar-refractivity contribution in [3.63, 3.8) is 0 Å². The van der Waals surface area contributed by atoms with Crippen molar-refractivity contribution in [1.82, 2.24) is 9.13 Å². The van der Waals surface area contributed by atoms with E-state index in [0.717, 1.165) is 35.1 Å². The highest BCUT2D eigenvalue weighted by Gasteiger charge is 2.31. The highest BCUT2D eigenvalue weighted by molar-refractivity contribution is 6.27. The van der Waals surface area contributed by atoms with Crippen LogP contribution in [-0.2, 0) is 0 Å². The summed E-state index contributed by atoms with van der Waals surface area (Å²) in [6.07, 6.45) is 1.79. The minimum atomic E-state index is -0.437. The molecule has 3 N–H and O–H groups in total. The molecule has 276 valence electrons. The van der Waals surface area contributed by atoms with E-state index in [-0.39, 0.29) is 40.8 Å². The van der Waals surface area contributed by atoms with Gasteiger partial charge in [-0.25, -0.2) is 9.13 Å². The summed E-state index contributed by atoms with van der Waals surface area (Å²) in [7, 11) is 0. The fourth-order valence-electron chi connectivity index (χ4n) is 8.26. The lowest BCUT2D eigenvalue weighted by Gasteiger charge is -2.26. The summed E-state index contributed by atoms with van der Waals surface area (Å²) in [4.78, 5) is 40.4. The van der Waals surface area contributed by atoms with Crippen LogP contribution in [0.4, 0.5) is 5.69 Å². The summed E-state index contributed by atoms with van der Waals surface area (Å²) >= 11 is 0. The van der Waals surface area contributed by atoms with E-state index in [4.69, 9.17) is 9.98 Å². The first-order chi connectivity index (χ1) is 25.3. The standard InChI is InChI=1S/C44H51N5O4/c1-10-11-18-45-31-21-30-32-34-33(31)42(51)49(40-28(24(6)7)16-13-17-29(40)25(8)9)44(53)36(34)38-37(46-19-20-47-38)35(32)43(52)48(41(30)50)39-26(22(2)3)14-12-15-27(39)23(4)5/h12-17,21-25,45,50,53H,10-11,18-20H2,1-9H3. The van der Waals surface area contributed by atoms with Crippen molar-refractivity contribution >= 4 is 38.0 Å². The second-order valence-corrected chi connectivity index (χ2v) is 15.7. The van der Waals surface area contributed by atoms with Crippen molar-refractivity contribution in [2.75, 3.05) is 25.0 Å². The minimum absolute atomic E-state index is 0.0522. The lowest BCUT2D eigenvalue weighted by Crippen LogP contribution is -2.38. The Balaban J connectivity index is 1.79. The molecule has 3 heterocycles. The van der Waals surface area contributed by atoms with Gasteiger partial charge in [-0.1, -0.05) is 105 Å². The van der Waals surface area contributed by atoms with E-state index < -0.39 is 11.1 Å². The third-order valence-corrected chi connectivity index (χ3v) is 10.9. The molecule has 0 unspecified atom stereocenters. The molecule has 2 aromatic heterocycles. The lowest BCUT2D eigenvalue weighted by atomic mass is 9.90. The largest absolute Gasteiger partial charge is 0.494 e. The average Bonchev–Trinajstić information content (AvgIpc) is 3.12. The van der Waals surface area contributed by atoms with Crippen molar-refractivity contribution in [3.05, 3.63) is 96.1 Å². The molecule has 1 aliphatic heterocycles. The summed E-state index contributed by atoms with van der Waals surface area (Å²) in [5.74, 6) is -0.254. The van der Waals surface area contributed by atoms with Crippen LogP contribution in [0.1, 0.15) is 121 Å². The number of hydrogen-bond acceptors (Lipinski definition) is 7. The Hall–Kier alpha value is -5.18. The van der Waals surface area contributed by atoms with Gasteiger partial charge < -0.3 is 15.5 Å². The number of hydrogen-bond donors (Lipinski definition) is 3. The van der Waals surface area contributed by atoms with Gasteiger partial charge in [0.1, 0.15) is 0 Å². The Kier molecular flexibility index (Phi) is 9.33. The number of aromatic nitrogens is 2. The summed E-state index contributed by atoms with van der Waals surface area (Å²) in [6.45, 7) is 20.1. The molecule has 0 amide bonds. The van der Waals surface area contributed by atoms with Crippen LogP contribution in [-0.4, -0.2) is 39.0 Å². The van der Waals surface area contributed by atoms with Crippen molar-refractivity contribution < 1.29 is 10.2 Å². The highest BCUT2D eigenvalue weighted by atomic mass is 16.3. The van der Waals surface area contributed by atoms with E-state index in [2.05, 4.69) is 67.6 Å². The van der Waals surface area contributed by atoms with E-state index >= 15 is 9.59 Å². The van der Waals surface area contributed by atoms with Crippen molar-refractivity contribution in [2.45, 2.75) is 98.8 Å². The monoisotopic (exact) mass is 713 g/mol. The third-order valence-electron chi connectivity index (χ3n) is 10.9. The number of nitrogens with one attached hydrogen (secondary N) is 1. The molecule has 0 saturated heterocycles. The van der Waals surface area contributed by atoms with Crippen LogP contribution in [0.2, 0.25) is 0 Å². The van der Waals surface area contributed by atoms with Gasteiger partial charge >= 0.3 is 0 Å². The molecule has 9 heteroatoms. The molecule has 1 aliphatic rings. The SMILES string of the molecule is CCCCNc1cc2c(O)n(-c3c(C(C)C)cccc3C(C)C)c(=O)c3c4c(c5c(O)n(-c6c(C(C)C)cccc6C(C)C)c(=O)c1c5c23)=NCCN=4. The summed E-state index contributed by atoms with van der Waals surface area (Å²) < 4.78 is 2.90. The topological polar surface area (TPSA) is 121 Å². The fraction of sp³-hybridized carbons (Fsp3) is 0.409. The third kappa shape index (κ3) is 5.50. The van der Waals surface area contributed by atoms with Crippen LogP contribution in [0, 0.1) is 0 Å². The highest BCUT2D eigenvalue weighted by Crippen LogP contribution is 2.43. The van der Waals surface area contributed by atoms with E-state index in [1.165, 1.54) is 9.13 Å². The summed E-state index contributed by atoms with van der Waals surface area (Å²) in [6, 6.07) is 13.9. The Morgan fingerprint density at radius 3 is 1.57 bits per heavy atom. The average molecular weight is 714 g/mol. The van der Waals surface area contributed by atoms with Gasteiger partial charge in [0.05, 0.1) is 51.3 Å². The van der Waals surface area contributed by atoms with Crippen molar-refractivity contribution in [2.24, 2.45) is 9.98 Å². The second-order valence-electron chi connectivity index (χ2n) is 15.7. The molecule has 53 heavy (non-hydrogen) atoms. The number of anilines is 1. The van der Waals surface area contributed by atoms with Gasteiger partial charge in [0.25, 0.3) is 11.1 Å². The first-order valence-electron chi connectivity index (χ1n) is 19.2. The molecule has 0 bridgehead atoms. The zero-order valence-corrected chi connectivity index (χ0v) is 32.4. The number of para-hydroxylation sites is 2. The molecular weight excluding hydrogens is 663 g/mol. The molecule has 6 aromatic rings. The molecule has 7 rings (SSSR count). The first kappa shape index (κ1) is 36.2. The van der Waals surface area contributed by atoms with Crippen molar-refractivity contribution in [3.8, 4) is 23.1 Å². The molecular formula is C44H51N5O4. The normalized spacial score (nSPS) is 13.2. The Morgan fingerprint density at radius 2 is 1.09 bits per heavy atom. The number of nitrogens with zero attached hydrogens (tertiary/aromatic N) is 4. The van der Waals surface area contributed by atoms with E-state index in [9.17, 15) is 10.2 Å². The van der Waals surface area contributed by atoms with Crippen LogP contribution in [0.25, 0.3) is 43.7 Å². The molecule has 0 saturated carbocycles. The van der Waals surface area contributed by atoms with Crippen LogP contribution < -0.4 is 27.1 Å². The van der Waals surface area contributed by atoms with E-state index in [0.29, 0.717) is 74.3 Å². The Labute approximate surface area is 309 Å². The molecule has 9 nitrogen and oxygen atoms in total. The number of unbranched alkanes of at least 4 members (excludes halogenated alkanes) is 1. The van der Waals surface area contributed by atoms with Crippen LogP contribution in [0.3, 0.4) is 0 Å². The number of fused-ring (bicyclic) bond motifs is 3. The predicted molar refractivity (Wildman–Crippen MR) is 216 cm³/mol. The zero-order valence-electron chi connectivity index (χ0n) is 32.4. The van der Waals surface area contributed by atoms with Gasteiger partial charge in [0.2, 0.25) is 11.8 Å². The molecule has 0 fully saturated rings. The smallest absolute Gasteiger partial charge is 0.268 e. The van der Waals surface area contributed by atoms with Gasteiger partial charge in [0, 0.05) is 28.4 Å². The molecule has 0 radical (unpaired) electrons. The Bertz CT molecular complexity index is 2610. The van der Waals surface area contributed by atoms with E-state index in [1.807, 2.05) is 42.5 Å². The maximum Gasteiger partial charge on any atom is 0.268 e. The second kappa shape index (κ2) is 13.7. The van der Waals surface area contributed by atoms with Gasteiger partial charge in [0.15, 0.2) is 0 Å². The van der Waals surface area contributed by atoms with Gasteiger partial charge in [-0.05, 0) is 58.4 Å². The van der Waals surface area contributed by atoms with Crippen LogP contribution in [0.15, 0.2) is 62.0 Å². The van der Waals surface area contributed by atoms with E-state index in [1.54, 1.807) is 0 Å². The molecule has 4 aromatic carbocycles. The lowest BCUT2D eigenvalue weighted by molar-refractivity contribution is 0.440. The summed E-state index contributed by atoms with van der Waals surface area (Å²) in [5, 5.41) is 31.5.